The van der Waals surface area contributed by atoms with Crippen molar-refractivity contribution in [2.45, 2.75) is 6.04 Å². The van der Waals surface area contributed by atoms with Crippen LogP contribution in [0.25, 0.3) is 0 Å². The molecule has 1 atom stereocenters. The third kappa shape index (κ3) is 3.29. The molecule has 8 heteroatoms. The van der Waals surface area contributed by atoms with Crippen LogP contribution >= 0.6 is 27.5 Å². The van der Waals surface area contributed by atoms with E-state index in [1.165, 1.54) is 13.3 Å². The SMILES string of the molecule is COC(=O)C(CO)Nc1nc(Cl)ncc1Br. The predicted octanol–water partition coefficient (Wildman–Crippen LogP) is 0.838. The second-order valence-electron chi connectivity index (χ2n) is 2.74. The van der Waals surface area contributed by atoms with Crippen LogP contribution in [0.5, 0.6) is 0 Å². The van der Waals surface area contributed by atoms with E-state index in [9.17, 15) is 4.79 Å². The quantitative estimate of drug-likeness (QED) is 0.633. The fourth-order valence-corrected chi connectivity index (χ4v) is 1.37. The molecule has 0 radical (unpaired) electrons. The van der Waals surface area contributed by atoms with Crippen LogP contribution in [0, 0.1) is 0 Å². The number of hydrogen-bond donors (Lipinski definition) is 2. The molecule has 1 unspecified atom stereocenters. The van der Waals surface area contributed by atoms with Crippen molar-refractivity contribution < 1.29 is 14.6 Å². The summed E-state index contributed by atoms with van der Waals surface area (Å²) in [5.41, 5.74) is 0. The van der Waals surface area contributed by atoms with Gasteiger partial charge < -0.3 is 15.2 Å². The van der Waals surface area contributed by atoms with Crippen LogP contribution in [0.1, 0.15) is 0 Å². The third-order valence-corrected chi connectivity index (χ3v) is 2.46. The fraction of sp³-hybridized carbons (Fsp3) is 0.375. The van der Waals surface area contributed by atoms with Gasteiger partial charge in [-0.15, -0.1) is 0 Å². The van der Waals surface area contributed by atoms with E-state index in [0.717, 1.165) is 0 Å². The van der Waals surface area contributed by atoms with E-state index in [2.05, 4.69) is 36.0 Å². The van der Waals surface area contributed by atoms with Crippen molar-refractivity contribution >= 4 is 39.3 Å². The lowest BCUT2D eigenvalue weighted by Crippen LogP contribution is -2.34. The summed E-state index contributed by atoms with van der Waals surface area (Å²) in [5, 5.41) is 11.7. The molecule has 0 aliphatic rings. The average Bonchev–Trinajstić information content (AvgIpc) is 2.29. The highest BCUT2D eigenvalue weighted by molar-refractivity contribution is 9.10. The summed E-state index contributed by atoms with van der Waals surface area (Å²) in [4.78, 5) is 18.8. The van der Waals surface area contributed by atoms with Crippen molar-refractivity contribution in [1.82, 2.24) is 9.97 Å². The number of halogens is 2. The van der Waals surface area contributed by atoms with Gasteiger partial charge in [0.15, 0.2) is 0 Å². The predicted molar refractivity (Wildman–Crippen MR) is 61.3 cm³/mol. The van der Waals surface area contributed by atoms with Crippen LogP contribution in [0.2, 0.25) is 5.28 Å². The summed E-state index contributed by atoms with van der Waals surface area (Å²) in [7, 11) is 1.23. The number of carbonyl (C=O) groups is 1. The van der Waals surface area contributed by atoms with Crippen LogP contribution in [0.4, 0.5) is 5.82 Å². The van der Waals surface area contributed by atoms with E-state index in [4.69, 9.17) is 16.7 Å². The summed E-state index contributed by atoms with van der Waals surface area (Å²) in [6.45, 7) is -0.416. The largest absolute Gasteiger partial charge is 0.467 e. The second-order valence-corrected chi connectivity index (χ2v) is 3.93. The molecule has 1 aromatic rings. The number of rotatable bonds is 4. The minimum absolute atomic E-state index is 0.0345. The number of anilines is 1. The molecule has 16 heavy (non-hydrogen) atoms. The molecular formula is C8H9BrClN3O3. The molecule has 1 rings (SSSR count). The van der Waals surface area contributed by atoms with Gasteiger partial charge in [-0.05, 0) is 27.5 Å². The lowest BCUT2D eigenvalue weighted by Gasteiger charge is -2.15. The van der Waals surface area contributed by atoms with Gasteiger partial charge in [0, 0.05) is 6.20 Å². The van der Waals surface area contributed by atoms with Crippen LogP contribution in [-0.4, -0.2) is 40.8 Å². The van der Waals surface area contributed by atoms with Gasteiger partial charge in [0.05, 0.1) is 18.2 Å². The molecule has 0 bridgehead atoms. The Kier molecular flexibility index (Phi) is 4.91. The highest BCUT2D eigenvalue weighted by atomic mass is 79.9. The maximum Gasteiger partial charge on any atom is 0.330 e. The number of ether oxygens (including phenoxy) is 1. The molecule has 0 amide bonds. The van der Waals surface area contributed by atoms with Gasteiger partial charge >= 0.3 is 5.97 Å². The van der Waals surface area contributed by atoms with Gasteiger partial charge in [-0.1, -0.05) is 0 Å². The highest BCUT2D eigenvalue weighted by Gasteiger charge is 2.19. The molecular weight excluding hydrogens is 301 g/mol. The number of aliphatic hydroxyl groups excluding tert-OH is 1. The molecule has 0 spiro atoms. The van der Waals surface area contributed by atoms with Crippen molar-refractivity contribution in [3.63, 3.8) is 0 Å². The normalized spacial score (nSPS) is 12.0. The van der Waals surface area contributed by atoms with Gasteiger partial charge in [-0.3, -0.25) is 0 Å². The van der Waals surface area contributed by atoms with E-state index < -0.39 is 18.6 Å². The Morgan fingerprint density at radius 1 is 1.81 bits per heavy atom. The Morgan fingerprint density at radius 2 is 2.50 bits per heavy atom. The Hall–Kier alpha value is -0.920. The number of esters is 1. The van der Waals surface area contributed by atoms with Gasteiger partial charge in [-0.25, -0.2) is 9.78 Å². The van der Waals surface area contributed by atoms with Crippen LogP contribution < -0.4 is 5.32 Å². The molecule has 0 aliphatic carbocycles. The summed E-state index contributed by atoms with van der Waals surface area (Å²) in [6, 6.07) is -0.896. The topological polar surface area (TPSA) is 84.3 Å². The van der Waals surface area contributed by atoms with Crippen molar-refractivity contribution in [1.29, 1.82) is 0 Å². The van der Waals surface area contributed by atoms with Crippen molar-refractivity contribution in [3.05, 3.63) is 16.0 Å². The maximum atomic E-state index is 11.2. The Bertz CT molecular complexity index is 391. The number of aliphatic hydroxyl groups is 1. The first-order valence-corrected chi connectivity index (χ1v) is 5.38. The molecule has 0 fully saturated rings. The van der Waals surface area contributed by atoms with Crippen LogP contribution in [0.3, 0.4) is 0 Å². The second kappa shape index (κ2) is 5.97. The molecule has 1 heterocycles. The number of carbonyl (C=O) groups excluding carboxylic acids is 1. The molecule has 88 valence electrons. The number of methoxy groups -OCH3 is 1. The first-order valence-electron chi connectivity index (χ1n) is 4.21. The zero-order chi connectivity index (χ0) is 12.1. The minimum atomic E-state index is -0.896. The van der Waals surface area contributed by atoms with E-state index in [1.807, 2.05) is 0 Å². The number of aromatic nitrogens is 2. The summed E-state index contributed by atoms with van der Waals surface area (Å²) in [5.74, 6) is -0.284. The first-order chi connectivity index (χ1) is 7.58. The van der Waals surface area contributed by atoms with Gasteiger partial charge in [-0.2, -0.15) is 4.98 Å². The molecule has 0 aromatic carbocycles. The molecule has 1 aromatic heterocycles. The van der Waals surface area contributed by atoms with Crippen molar-refractivity contribution in [2.75, 3.05) is 19.0 Å². The van der Waals surface area contributed by atoms with E-state index >= 15 is 0 Å². The third-order valence-electron chi connectivity index (χ3n) is 1.69. The summed E-state index contributed by atoms with van der Waals surface area (Å²) >= 11 is 8.77. The number of hydrogen-bond acceptors (Lipinski definition) is 6. The number of nitrogens with one attached hydrogen (secondary N) is 1. The molecule has 2 N–H and O–H groups in total. The van der Waals surface area contributed by atoms with E-state index in [1.54, 1.807) is 0 Å². The monoisotopic (exact) mass is 309 g/mol. The zero-order valence-electron chi connectivity index (χ0n) is 8.28. The first kappa shape index (κ1) is 13.1. The van der Waals surface area contributed by atoms with Crippen LogP contribution in [-0.2, 0) is 9.53 Å². The lowest BCUT2D eigenvalue weighted by atomic mass is 10.3. The molecule has 0 aliphatic heterocycles. The summed E-state index contributed by atoms with van der Waals surface area (Å²) < 4.78 is 5.02. The average molecular weight is 311 g/mol. The van der Waals surface area contributed by atoms with Crippen molar-refractivity contribution in [2.24, 2.45) is 0 Å². The summed E-state index contributed by atoms with van der Waals surface area (Å²) in [6.07, 6.45) is 1.43. The molecule has 0 saturated carbocycles. The van der Waals surface area contributed by atoms with Gasteiger partial charge in [0.1, 0.15) is 11.9 Å². The molecule has 0 saturated heterocycles. The fourth-order valence-electron chi connectivity index (χ4n) is 0.933. The van der Waals surface area contributed by atoms with E-state index in [0.29, 0.717) is 10.3 Å². The Morgan fingerprint density at radius 3 is 3.06 bits per heavy atom. The number of nitrogens with zero attached hydrogens (tertiary/aromatic N) is 2. The Labute approximate surface area is 105 Å². The molecule has 6 nitrogen and oxygen atoms in total. The van der Waals surface area contributed by atoms with Gasteiger partial charge in [0.25, 0.3) is 0 Å². The van der Waals surface area contributed by atoms with Crippen LogP contribution in [0.15, 0.2) is 10.7 Å². The van der Waals surface area contributed by atoms with E-state index in [-0.39, 0.29) is 5.28 Å². The standard InChI is InChI=1S/C8H9BrClN3O3/c1-16-7(15)5(3-14)12-6-4(9)2-11-8(10)13-6/h2,5,14H,3H2,1H3,(H,11,12,13). The smallest absolute Gasteiger partial charge is 0.330 e. The van der Waals surface area contributed by atoms with Gasteiger partial charge in [0.2, 0.25) is 5.28 Å². The zero-order valence-corrected chi connectivity index (χ0v) is 10.6. The highest BCUT2D eigenvalue weighted by Crippen LogP contribution is 2.20. The Balaban J connectivity index is 2.85. The van der Waals surface area contributed by atoms with Crippen molar-refractivity contribution in [3.8, 4) is 0 Å². The maximum absolute atomic E-state index is 11.2. The lowest BCUT2D eigenvalue weighted by molar-refractivity contribution is -0.142. The minimum Gasteiger partial charge on any atom is -0.467 e.